The number of nitrogens with zero attached hydrogens (tertiary/aromatic N) is 2. The summed E-state index contributed by atoms with van der Waals surface area (Å²) in [7, 11) is 0. The minimum absolute atomic E-state index is 0.0922. The number of aliphatic carboxylic acids is 1. The van der Waals surface area contributed by atoms with Crippen LogP contribution in [-0.2, 0) is 14.3 Å². The second-order valence-electron chi connectivity index (χ2n) is 6.01. The van der Waals surface area contributed by atoms with Crippen LogP contribution in [0.4, 0.5) is 5.69 Å². The molecule has 2 rings (SSSR count). The number of aryl methyl sites for hydroxylation is 1. The van der Waals surface area contributed by atoms with Crippen LogP contribution >= 0.6 is 0 Å². The van der Waals surface area contributed by atoms with Crippen LogP contribution in [0.25, 0.3) is 0 Å². The van der Waals surface area contributed by atoms with Gasteiger partial charge < -0.3 is 20.1 Å². The van der Waals surface area contributed by atoms with E-state index in [0.29, 0.717) is 5.56 Å². The lowest BCUT2D eigenvalue weighted by Crippen LogP contribution is -2.53. The zero-order valence-corrected chi connectivity index (χ0v) is 14.3. The van der Waals surface area contributed by atoms with Gasteiger partial charge in [-0.3, -0.25) is 19.7 Å². The Morgan fingerprint density at radius 2 is 2.08 bits per heavy atom. The van der Waals surface area contributed by atoms with Crippen molar-refractivity contribution in [2.75, 3.05) is 19.6 Å². The Hall–Kier alpha value is -3.01. The zero-order chi connectivity index (χ0) is 19.4. The molecule has 2 N–H and O–H groups in total. The maximum Gasteiger partial charge on any atom is 0.334 e. The first-order valence-corrected chi connectivity index (χ1v) is 7.88. The molecule has 2 amide bonds. The van der Waals surface area contributed by atoms with Gasteiger partial charge in [-0.1, -0.05) is 0 Å². The van der Waals surface area contributed by atoms with Gasteiger partial charge in [0.1, 0.15) is 0 Å². The number of carbonyl (C=O) groups excluding carboxylic acids is 2. The number of nitrogens with one attached hydrogen (secondary N) is 1. The predicted octanol–water partition coefficient (Wildman–Crippen LogP) is 0.334. The fraction of sp³-hybridized carbons (Fsp3) is 0.438. The van der Waals surface area contributed by atoms with E-state index in [1.807, 2.05) is 0 Å². The molecule has 10 heteroatoms. The molecule has 0 spiro atoms. The van der Waals surface area contributed by atoms with Crippen molar-refractivity contribution in [2.45, 2.75) is 26.1 Å². The molecule has 1 aromatic carbocycles. The van der Waals surface area contributed by atoms with Crippen LogP contribution in [0.1, 0.15) is 22.8 Å². The summed E-state index contributed by atoms with van der Waals surface area (Å²) in [6.45, 7) is 3.00. The second-order valence-corrected chi connectivity index (χ2v) is 6.01. The van der Waals surface area contributed by atoms with Crippen LogP contribution in [0.15, 0.2) is 18.2 Å². The molecule has 0 aliphatic carbocycles. The number of hydrogen-bond donors (Lipinski definition) is 2. The molecule has 0 saturated carbocycles. The predicted molar refractivity (Wildman–Crippen MR) is 88.7 cm³/mol. The lowest BCUT2D eigenvalue weighted by atomic mass is 10.1. The van der Waals surface area contributed by atoms with Gasteiger partial charge in [-0.25, -0.2) is 4.79 Å². The number of nitro groups is 1. The highest BCUT2D eigenvalue weighted by atomic mass is 16.6. The summed E-state index contributed by atoms with van der Waals surface area (Å²) in [6, 6.07) is 3.91. The highest BCUT2D eigenvalue weighted by Crippen LogP contribution is 2.18. The quantitative estimate of drug-likeness (QED) is 0.566. The summed E-state index contributed by atoms with van der Waals surface area (Å²) >= 11 is 0. The number of carboxylic acids is 1. The number of rotatable bonds is 5. The lowest BCUT2D eigenvalue weighted by Gasteiger charge is -2.34. The van der Waals surface area contributed by atoms with Gasteiger partial charge in [-0.05, 0) is 26.0 Å². The Balaban J connectivity index is 1.96. The van der Waals surface area contributed by atoms with Gasteiger partial charge in [0, 0.05) is 23.7 Å². The minimum Gasteiger partial charge on any atom is -0.479 e. The van der Waals surface area contributed by atoms with Crippen LogP contribution in [0, 0.1) is 17.0 Å². The molecular weight excluding hydrogens is 346 g/mol. The van der Waals surface area contributed by atoms with Crippen molar-refractivity contribution in [2.24, 2.45) is 0 Å². The molecule has 1 fully saturated rings. The highest BCUT2D eigenvalue weighted by molar-refractivity contribution is 5.97. The van der Waals surface area contributed by atoms with Gasteiger partial charge in [-0.15, -0.1) is 0 Å². The average Bonchev–Trinajstić information content (AvgIpc) is 2.58. The zero-order valence-electron chi connectivity index (χ0n) is 14.3. The number of carboxylic acid groups (broad SMARTS) is 1. The minimum atomic E-state index is -1.15. The third kappa shape index (κ3) is 4.54. The van der Waals surface area contributed by atoms with Crippen molar-refractivity contribution in [1.82, 2.24) is 10.2 Å². The summed E-state index contributed by atoms with van der Waals surface area (Å²) in [6.07, 6.45) is -1.53. The molecule has 2 atom stereocenters. The van der Waals surface area contributed by atoms with Gasteiger partial charge in [0.2, 0.25) is 5.91 Å². The van der Waals surface area contributed by atoms with E-state index >= 15 is 0 Å². The SMILES string of the molecule is Cc1cc(C(=O)NCC(=O)N2CC(C(=O)O)O[C@H](C)C2)ccc1[N+](=O)[O-]. The molecule has 1 aromatic rings. The lowest BCUT2D eigenvalue weighted by molar-refractivity contribution is -0.385. The third-order valence-electron chi connectivity index (χ3n) is 3.94. The van der Waals surface area contributed by atoms with E-state index in [1.165, 1.54) is 30.0 Å². The van der Waals surface area contributed by atoms with Gasteiger partial charge in [0.15, 0.2) is 6.10 Å². The van der Waals surface area contributed by atoms with Gasteiger partial charge in [0.25, 0.3) is 11.6 Å². The van der Waals surface area contributed by atoms with Crippen LogP contribution in [0.2, 0.25) is 0 Å². The second kappa shape index (κ2) is 7.91. The molecular formula is C16H19N3O7. The van der Waals surface area contributed by atoms with E-state index in [1.54, 1.807) is 6.92 Å². The highest BCUT2D eigenvalue weighted by Gasteiger charge is 2.32. The monoisotopic (exact) mass is 365 g/mol. The normalized spacial score (nSPS) is 19.7. The van der Waals surface area contributed by atoms with Crippen molar-refractivity contribution in [3.63, 3.8) is 0 Å². The van der Waals surface area contributed by atoms with E-state index in [9.17, 15) is 24.5 Å². The Bertz CT molecular complexity index is 749. The molecule has 140 valence electrons. The average molecular weight is 365 g/mol. The largest absolute Gasteiger partial charge is 0.479 e. The summed E-state index contributed by atoms with van der Waals surface area (Å²) in [5.74, 6) is -2.13. The Kier molecular flexibility index (Phi) is 5.88. The molecule has 1 saturated heterocycles. The number of morpholine rings is 1. The number of amides is 2. The molecule has 0 bridgehead atoms. The van der Waals surface area contributed by atoms with Crippen LogP contribution in [-0.4, -0.2) is 64.6 Å². The Morgan fingerprint density at radius 1 is 1.38 bits per heavy atom. The molecule has 1 aliphatic heterocycles. The van der Waals surface area contributed by atoms with E-state index < -0.39 is 34.9 Å². The van der Waals surface area contributed by atoms with E-state index in [4.69, 9.17) is 9.84 Å². The first-order chi connectivity index (χ1) is 12.2. The van der Waals surface area contributed by atoms with E-state index in [2.05, 4.69) is 5.32 Å². The molecule has 26 heavy (non-hydrogen) atoms. The number of nitro benzene ring substituents is 1. The standard InChI is InChI=1S/C16H19N3O7/c1-9-5-11(3-4-12(9)19(24)25)15(21)17-6-14(20)18-7-10(2)26-13(8-18)16(22)23/h3-5,10,13H,6-8H2,1-2H3,(H,17,21)(H,22,23)/t10-,13?/m1/s1. The smallest absolute Gasteiger partial charge is 0.334 e. The van der Waals surface area contributed by atoms with E-state index in [0.717, 1.165) is 0 Å². The molecule has 1 aliphatic rings. The van der Waals surface area contributed by atoms with Crippen LogP contribution in [0.5, 0.6) is 0 Å². The van der Waals surface area contributed by atoms with Crippen LogP contribution < -0.4 is 5.32 Å². The number of hydrogen-bond acceptors (Lipinski definition) is 6. The summed E-state index contributed by atoms with van der Waals surface area (Å²) < 4.78 is 5.23. The molecule has 10 nitrogen and oxygen atoms in total. The maximum absolute atomic E-state index is 12.2. The van der Waals surface area contributed by atoms with Gasteiger partial charge in [0.05, 0.1) is 24.1 Å². The van der Waals surface area contributed by atoms with Crippen molar-refractivity contribution in [1.29, 1.82) is 0 Å². The van der Waals surface area contributed by atoms with Crippen molar-refractivity contribution in [3.8, 4) is 0 Å². The molecule has 0 radical (unpaired) electrons. The van der Waals surface area contributed by atoms with Crippen LogP contribution in [0.3, 0.4) is 0 Å². The summed E-state index contributed by atoms with van der Waals surface area (Å²) in [5.41, 5.74) is 0.430. The van der Waals surface area contributed by atoms with E-state index in [-0.39, 0.29) is 30.9 Å². The first kappa shape index (κ1) is 19.3. The van der Waals surface area contributed by atoms with Gasteiger partial charge in [-0.2, -0.15) is 0 Å². The van der Waals surface area contributed by atoms with Crippen molar-refractivity contribution in [3.05, 3.63) is 39.4 Å². The molecule has 1 unspecified atom stereocenters. The first-order valence-electron chi connectivity index (χ1n) is 7.88. The fourth-order valence-electron chi connectivity index (χ4n) is 2.66. The third-order valence-corrected chi connectivity index (χ3v) is 3.94. The van der Waals surface area contributed by atoms with Gasteiger partial charge >= 0.3 is 5.97 Å². The topological polar surface area (TPSA) is 139 Å². The van der Waals surface area contributed by atoms with Crippen molar-refractivity contribution < 1.29 is 29.2 Å². The molecule has 1 heterocycles. The number of benzene rings is 1. The Labute approximate surface area is 148 Å². The Morgan fingerprint density at radius 3 is 2.65 bits per heavy atom. The fourth-order valence-corrected chi connectivity index (χ4v) is 2.66. The summed E-state index contributed by atoms with van der Waals surface area (Å²) in [4.78, 5) is 47.0. The molecule has 0 aromatic heterocycles. The summed E-state index contributed by atoms with van der Waals surface area (Å²) in [5, 5.41) is 22.3. The number of carbonyl (C=O) groups is 3. The number of ether oxygens (including phenoxy) is 1. The van der Waals surface area contributed by atoms with Crippen molar-refractivity contribution >= 4 is 23.5 Å². The maximum atomic E-state index is 12.2.